The van der Waals surface area contributed by atoms with Crippen LogP contribution in [0, 0.1) is 11.2 Å². The van der Waals surface area contributed by atoms with Gasteiger partial charge in [0, 0.05) is 7.05 Å². The molecule has 0 fully saturated rings. The number of nitrogens with one attached hydrogen (secondary N) is 1. The molecule has 0 spiro atoms. The molecule has 1 unspecified atom stereocenters. The number of aryl methyl sites for hydroxylation is 1. The Morgan fingerprint density at radius 3 is 2.46 bits per heavy atom. The molecule has 1 aromatic carbocycles. The van der Waals surface area contributed by atoms with Gasteiger partial charge in [-0.25, -0.2) is 19.0 Å². The number of hydrogen-bond donors (Lipinski definition) is 1. The van der Waals surface area contributed by atoms with E-state index in [1.165, 1.54) is 18.5 Å². The molecule has 3 rings (SSSR count). The lowest BCUT2D eigenvalue weighted by Crippen LogP contribution is -2.26. The summed E-state index contributed by atoms with van der Waals surface area (Å²) in [6.45, 7) is 6.39. The molecule has 1 N–H and O–H groups in total. The molecule has 126 valence electrons. The summed E-state index contributed by atoms with van der Waals surface area (Å²) in [7, 11) is 1.84. The molecular weight excluding hydrogens is 373 g/mol. The minimum absolute atomic E-state index is 0.0525. The number of nitrogens with zero attached hydrogens (tertiary/aromatic N) is 4. The first kappa shape index (κ1) is 16.8. The Labute approximate surface area is 148 Å². The maximum absolute atomic E-state index is 13.3. The maximum Gasteiger partial charge on any atom is 0.164 e. The third-order valence-corrected chi connectivity index (χ3v) is 4.48. The van der Waals surface area contributed by atoms with Crippen LogP contribution in [0.2, 0.25) is 0 Å². The Morgan fingerprint density at radius 1 is 1.17 bits per heavy atom. The van der Waals surface area contributed by atoms with Crippen molar-refractivity contribution in [2.24, 2.45) is 12.5 Å². The molecule has 0 amide bonds. The normalized spacial score (nSPS) is 13.2. The molecule has 0 saturated heterocycles. The van der Waals surface area contributed by atoms with Gasteiger partial charge in [-0.2, -0.15) is 5.10 Å². The van der Waals surface area contributed by atoms with Crippen molar-refractivity contribution in [2.75, 3.05) is 5.32 Å². The van der Waals surface area contributed by atoms with Gasteiger partial charge in [0.05, 0.1) is 11.4 Å². The lowest BCUT2D eigenvalue weighted by Gasteiger charge is -2.32. The quantitative estimate of drug-likeness (QED) is 0.715. The summed E-state index contributed by atoms with van der Waals surface area (Å²) in [4.78, 5) is 8.68. The van der Waals surface area contributed by atoms with E-state index >= 15 is 0 Å². The topological polar surface area (TPSA) is 55.6 Å². The Hall–Kier alpha value is -2.02. The summed E-state index contributed by atoms with van der Waals surface area (Å²) in [6, 6.07) is 6.50. The summed E-state index contributed by atoms with van der Waals surface area (Å²) >= 11 is 3.47. The Bertz CT molecular complexity index is 867. The van der Waals surface area contributed by atoms with Crippen LogP contribution in [0.4, 0.5) is 10.2 Å². The number of halogens is 2. The summed E-state index contributed by atoms with van der Waals surface area (Å²) in [5.41, 5.74) is 1.63. The average Bonchev–Trinajstić information content (AvgIpc) is 2.80. The lowest BCUT2D eigenvalue weighted by atomic mass is 9.82. The van der Waals surface area contributed by atoms with Crippen LogP contribution >= 0.6 is 15.9 Å². The molecule has 1 atom stereocenters. The summed E-state index contributed by atoms with van der Waals surface area (Å²) in [5.74, 6) is 0.454. The number of anilines is 1. The second-order valence-electron chi connectivity index (χ2n) is 6.83. The van der Waals surface area contributed by atoms with Gasteiger partial charge in [-0.15, -0.1) is 0 Å². The standard InChI is InChI=1S/C17H19BrFN5/c1-17(2,3)13(10-5-7-11(19)8-6-10)22-15-12-14(18)23-24(4)16(12)21-9-20-15/h5-9,13H,1-4H3,(H,20,21,22). The number of hydrogen-bond acceptors (Lipinski definition) is 4. The van der Waals surface area contributed by atoms with E-state index in [2.05, 4.69) is 57.1 Å². The van der Waals surface area contributed by atoms with Crippen molar-refractivity contribution >= 4 is 32.8 Å². The molecule has 0 aliphatic rings. The van der Waals surface area contributed by atoms with E-state index in [1.54, 1.807) is 16.8 Å². The molecule has 5 nitrogen and oxygen atoms in total. The summed E-state index contributed by atoms with van der Waals surface area (Å²) < 4.78 is 15.7. The second-order valence-corrected chi connectivity index (χ2v) is 7.58. The van der Waals surface area contributed by atoms with Crippen LogP contribution in [0.1, 0.15) is 32.4 Å². The first-order chi connectivity index (χ1) is 11.3. The molecule has 0 bridgehead atoms. The number of rotatable bonds is 3. The second kappa shape index (κ2) is 6.12. The van der Waals surface area contributed by atoms with E-state index in [0.717, 1.165) is 16.6 Å². The van der Waals surface area contributed by atoms with Gasteiger partial charge in [0.15, 0.2) is 5.65 Å². The van der Waals surface area contributed by atoms with Gasteiger partial charge < -0.3 is 5.32 Å². The molecule has 2 aromatic heterocycles. The first-order valence-corrected chi connectivity index (χ1v) is 8.42. The predicted molar refractivity (Wildman–Crippen MR) is 96.2 cm³/mol. The smallest absolute Gasteiger partial charge is 0.164 e. The fourth-order valence-electron chi connectivity index (χ4n) is 2.74. The summed E-state index contributed by atoms with van der Waals surface area (Å²) in [6.07, 6.45) is 1.52. The minimum Gasteiger partial charge on any atom is -0.362 e. The highest BCUT2D eigenvalue weighted by Crippen LogP contribution is 2.37. The third-order valence-electron chi connectivity index (χ3n) is 3.93. The van der Waals surface area contributed by atoms with Gasteiger partial charge >= 0.3 is 0 Å². The highest BCUT2D eigenvalue weighted by atomic mass is 79.9. The van der Waals surface area contributed by atoms with Crippen molar-refractivity contribution in [1.82, 2.24) is 19.7 Å². The van der Waals surface area contributed by atoms with E-state index in [1.807, 2.05) is 7.05 Å². The van der Waals surface area contributed by atoms with Gasteiger partial charge in [-0.3, -0.25) is 0 Å². The minimum atomic E-state index is -0.245. The lowest BCUT2D eigenvalue weighted by molar-refractivity contribution is 0.347. The highest BCUT2D eigenvalue weighted by molar-refractivity contribution is 9.10. The van der Waals surface area contributed by atoms with Crippen molar-refractivity contribution < 1.29 is 4.39 Å². The Kier molecular flexibility index (Phi) is 4.29. The molecule has 0 aliphatic heterocycles. The highest BCUT2D eigenvalue weighted by Gasteiger charge is 2.28. The van der Waals surface area contributed by atoms with Crippen molar-refractivity contribution in [1.29, 1.82) is 0 Å². The fraction of sp³-hybridized carbons (Fsp3) is 0.353. The molecule has 2 heterocycles. The molecule has 3 aromatic rings. The SMILES string of the molecule is Cn1nc(Br)c2c(NC(c3ccc(F)cc3)C(C)(C)C)ncnc21. The molecule has 24 heavy (non-hydrogen) atoms. The summed E-state index contributed by atoms with van der Waals surface area (Å²) in [5, 5.41) is 8.67. The number of aromatic nitrogens is 4. The van der Waals surface area contributed by atoms with Gasteiger partial charge in [-0.05, 0) is 39.0 Å². The van der Waals surface area contributed by atoms with E-state index in [0.29, 0.717) is 10.4 Å². The fourth-order valence-corrected chi connectivity index (χ4v) is 3.34. The van der Waals surface area contributed by atoms with Crippen LogP contribution in [0.15, 0.2) is 35.2 Å². The van der Waals surface area contributed by atoms with Crippen molar-refractivity contribution in [3.05, 3.63) is 46.6 Å². The zero-order valence-corrected chi connectivity index (χ0v) is 15.6. The molecule has 0 radical (unpaired) electrons. The number of fused-ring (bicyclic) bond motifs is 1. The largest absolute Gasteiger partial charge is 0.362 e. The van der Waals surface area contributed by atoms with Crippen molar-refractivity contribution in [3.8, 4) is 0 Å². The van der Waals surface area contributed by atoms with Gasteiger partial charge in [0.1, 0.15) is 22.6 Å². The van der Waals surface area contributed by atoms with Gasteiger partial charge in [0.25, 0.3) is 0 Å². The average molecular weight is 392 g/mol. The zero-order chi connectivity index (χ0) is 17.5. The number of benzene rings is 1. The Balaban J connectivity index is 2.07. The van der Waals surface area contributed by atoms with Crippen LogP contribution in [0.5, 0.6) is 0 Å². The zero-order valence-electron chi connectivity index (χ0n) is 14.0. The van der Waals surface area contributed by atoms with Gasteiger partial charge in [0.2, 0.25) is 0 Å². The van der Waals surface area contributed by atoms with E-state index in [9.17, 15) is 4.39 Å². The monoisotopic (exact) mass is 391 g/mol. The molecule has 0 aliphatic carbocycles. The molecule has 7 heteroatoms. The van der Waals surface area contributed by atoms with Crippen LogP contribution in [-0.2, 0) is 7.05 Å². The molecular formula is C17H19BrFN5. The van der Waals surface area contributed by atoms with Gasteiger partial charge in [-0.1, -0.05) is 32.9 Å². The predicted octanol–water partition coefficient (Wildman–Crippen LogP) is 4.46. The van der Waals surface area contributed by atoms with E-state index in [-0.39, 0.29) is 17.3 Å². The van der Waals surface area contributed by atoms with Crippen molar-refractivity contribution in [3.63, 3.8) is 0 Å². The van der Waals surface area contributed by atoms with Crippen molar-refractivity contribution in [2.45, 2.75) is 26.8 Å². The van der Waals surface area contributed by atoms with E-state index in [4.69, 9.17) is 0 Å². The first-order valence-electron chi connectivity index (χ1n) is 7.62. The molecule has 0 saturated carbocycles. The third kappa shape index (κ3) is 3.13. The Morgan fingerprint density at radius 2 is 1.83 bits per heavy atom. The van der Waals surface area contributed by atoms with Crippen LogP contribution in [0.3, 0.4) is 0 Å². The maximum atomic E-state index is 13.3. The van der Waals surface area contributed by atoms with E-state index < -0.39 is 0 Å². The van der Waals surface area contributed by atoms with Crippen LogP contribution in [-0.4, -0.2) is 19.7 Å². The van der Waals surface area contributed by atoms with Crippen LogP contribution < -0.4 is 5.32 Å². The van der Waals surface area contributed by atoms with Crippen LogP contribution in [0.25, 0.3) is 11.0 Å².